The van der Waals surface area contributed by atoms with Gasteiger partial charge in [-0.05, 0) is 37.2 Å². The Hall–Kier alpha value is -1.87. The van der Waals surface area contributed by atoms with Gasteiger partial charge in [0, 0.05) is 30.9 Å². The molecule has 0 spiro atoms. The lowest BCUT2D eigenvalue weighted by Gasteiger charge is -2.13. The van der Waals surface area contributed by atoms with Crippen LogP contribution in [0, 0.1) is 6.92 Å². The van der Waals surface area contributed by atoms with Gasteiger partial charge in [-0.1, -0.05) is 24.6 Å². The van der Waals surface area contributed by atoms with Crippen molar-refractivity contribution in [3.8, 4) is 5.75 Å². The number of hydrogen-bond donors (Lipinski definition) is 1. The van der Waals surface area contributed by atoms with Crippen LogP contribution in [0.4, 0.5) is 0 Å². The van der Waals surface area contributed by atoms with E-state index >= 15 is 0 Å². The SMILES string of the molecule is CCNCc1cc(C)ccc1OCCc1ccncc1. The topological polar surface area (TPSA) is 34.1 Å². The second-order valence-electron chi connectivity index (χ2n) is 4.85. The Balaban J connectivity index is 1.94. The first-order chi connectivity index (χ1) is 9.79. The van der Waals surface area contributed by atoms with Gasteiger partial charge < -0.3 is 10.1 Å². The Morgan fingerprint density at radius 2 is 1.95 bits per heavy atom. The van der Waals surface area contributed by atoms with Crippen LogP contribution in [0.1, 0.15) is 23.6 Å². The Bertz CT molecular complexity index is 526. The molecule has 2 aromatic rings. The average molecular weight is 270 g/mol. The van der Waals surface area contributed by atoms with Crippen molar-refractivity contribution in [3.63, 3.8) is 0 Å². The molecule has 0 unspecified atom stereocenters. The molecule has 106 valence electrons. The zero-order valence-electron chi connectivity index (χ0n) is 12.2. The zero-order chi connectivity index (χ0) is 14.2. The highest BCUT2D eigenvalue weighted by Crippen LogP contribution is 2.20. The third-order valence-corrected chi connectivity index (χ3v) is 3.18. The molecule has 1 aromatic heterocycles. The van der Waals surface area contributed by atoms with E-state index in [9.17, 15) is 0 Å². The normalized spacial score (nSPS) is 10.5. The van der Waals surface area contributed by atoms with Crippen LogP contribution in [0.15, 0.2) is 42.7 Å². The van der Waals surface area contributed by atoms with Crippen molar-refractivity contribution < 1.29 is 4.74 Å². The van der Waals surface area contributed by atoms with Crippen LogP contribution >= 0.6 is 0 Å². The van der Waals surface area contributed by atoms with Crippen LogP contribution in [-0.2, 0) is 13.0 Å². The van der Waals surface area contributed by atoms with E-state index < -0.39 is 0 Å². The van der Waals surface area contributed by atoms with Crippen LogP contribution in [0.2, 0.25) is 0 Å². The Morgan fingerprint density at radius 1 is 1.15 bits per heavy atom. The largest absolute Gasteiger partial charge is 0.493 e. The maximum absolute atomic E-state index is 5.93. The molecule has 0 aliphatic carbocycles. The maximum Gasteiger partial charge on any atom is 0.123 e. The van der Waals surface area contributed by atoms with Crippen LogP contribution in [-0.4, -0.2) is 18.1 Å². The minimum Gasteiger partial charge on any atom is -0.493 e. The van der Waals surface area contributed by atoms with E-state index in [1.165, 1.54) is 16.7 Å². The van der Waals surface area contributed by atoms with Crippen molar-refractivity contribution >= 4 is 0 Å². The summed E-state index contributed by atoms with van der Waals surface area (Å²) in [7, 11) is 0. The van der Waals surface area contributed by atoms with E-state index in [4.69, 9.17) is 4.74 Å². The summed E-state index contributed by atoms with van der Waals surface area (Å²) in [6.07, 6.45) is 4.53. The van der Waals surface area contributed by atoms with E-state index in [1.54, 1.807) is 0 Å². The van der Waals surface area contributed by atoms with E-state index in [1.807, 2.05) is 24.5 Å². The molecule has 3 heteroatoms. The highest BCUT2D eigenvalue weighted by atomic mass is 16.5. The fourth-order valence-corrected chi connectivity index (χ4v) is 2.08. The second kappa shape index (κ2) is 7.65. The lowest BCUT2D eigenvalue weighted by atomic mass is 10.1. The minimum absolute atomic E-state index is 0.687. The second-order valence-corrected chi connectivity index (χ2v) is 4.85. The van der Waals surface area contributed by atoms with E-state index in [2.05, 4.69) is 42.3 Å². The van der Waals surface area contributed by atoms with Crippen LogP contribution in [0.5, 0.6) is 5.75 Å². The predicted molar refractivity (Wildman–Crippen MR) is 82.0 cm³/mol. The Kier molecular flexibility index (Phi) is 5.56. The summed E-state index contributed by atoms with van der Waals surface area (Å²) >= 11 is 0. The third kappa shape index (κ3) is 4.35. The molecule has 0 aliphatic rings. The molecule has 20 heavy (non-hydrogen) atoms. The minimum atomic E-state index is 0.687. The summed E-state index contributed by atoms with van der Waals surface area (Å²) in [4.78, 5) is 4.02. The van der Waals surface area contributed by atoms with Crippen LogP contribution in [0.3, 0.4) is 0 Å². The van der Waals surface area contributed by atoms with E-state index in [-0.39, 0.29) is 0 Å². The number of ether oxygens (including phenoxy) is 1. The summed E-state index contributed by atoms with van der Waals surface area (Å²) < 4.78 is 5.93. The average Bonchev–Trinajstić information content (AvgIpc) is 2.48. The first-order valence-corrected chi connectivity index (χ1v) is 7.11. The van der Waals surface area contributed by atoms with Crippen molar-refractivity contribution in [3.05, 3.63) is 59.4 Å². The molecular formula is C17H22N2O. The standard InChI is InChI=1S/C17H22N2O/c1-3-18-13-16-12-14(2)4-5-17(16)20-11-8-15-6-9-19-10-7-15/h4-7,9-10,12,18H,3,8,11,13H2,1-2H3. The lowest BCUT2D eigenvalue weighted by Crippen LogP contribution is -2.13. The summed E-state index contributed by atoms with van der Waals surface area (Å²) in [6.45, 7) is 6.72. The Morgan fingerprint density at radius 3 is 2.70 bits per heavy atom. The highest BCUT2D eigenvalue weighted by Gasteiger charge is 2.04. The van der Waals surface area contributed by atoms with Crippen LogP contribution in [0.25, 0.3) is 0 Å². The highest BCUT2D eigenvalue weighted by molar-refractivity contribution is 5.36. The van der Waals surface area contributed by atoms with Crippen molar-refractivity contribution in [2.45, 2.75) is 26.8 Å². The van der Waals surface area contributed by atoms with Gasteiger partial charge in [0.05, 0.1) is 6.61 Å². The number of aryl methyl sites for hydroxylation is 1. The predicted octanol–water partition coefficient (Wildman–Crippen LogP) is 3.12. The molecule has 0 radical (unpaired) electrons. The maximum atomic E-state index is 5.93. The molecule has 3 nitrogen and oxygen atoms in total. The summed E-state index contributed by atoms with van der Waals surface area (Å²) in [5, 5.41) is 3.35. The fraction of sp³-hybridized carbons (Fsp3) is 0.353. The van der Waals surface area contributed by atoms with E-state index in [0.29, 0.717) is 6.61 Å². The number of nitrogens with zero attached hydrogens (tertiary/aromatic N) is 1. The van der Waals surface area contributed by atoms with Crippen molar-refractivity contribution in [2.24, 2.45) is 0 Å². The van der Waals surface area contributed by atoms with Crippen molar-refractivity contribution in [1.29, 1.82) is 0 Å². The lowest BCUT2D eigenvalue weighted by molar-refractivity contribution is 0.317. The number of rotatable bonds is 7. The molecular weight excluding hydrogens is 248 g/mol. The molecule has 1 aromatic carbocycles. The van der Waals surface area contributed by atoms with Crippen LogP contribution < -0.4 is 10.1 Å². The van der Waals surface area contributed by atoms with Gasteiger partial charge in [0.25, 0.3) is 0 Å². The van der Waals surface area contributed by atoms with Gasteiger partial charge in [0.2, 0.25) is 0 Å². The molecule has 2 rings (SSSR count). The number of aromatic nitrogens is 1. The molecule has 0 saturated heterocycles. The fourth-order valence-electron chi connectivity index (χ4n) is 2.08. The monoisotopic (exact) mass is 270 g/mol. The third-order valence-electron chi connectivity index (χ3n) is 3.18. The van der Waals surface area contributed by atoms with Crippen molar-refractivity contribution in [1.82, 2.24) is 10.3 Å². The first-order valence-electron chi connectivity index (χ1n) is 7.11. The summed E-state index contributed by atoms with van der Waals surface area (Å²) in [5.41, 5.74) is 3.74. The molecule has 0 amide bonds. The van der Waals surface area contributed by atoms with Gasteiger partial charge >= 0.3 is 0 Å². The van der Waals surface area contributed by atoms with Gasteiger partial charge in [0.15, 0.2) is 0 Å². The number of pyridine rings is 1. The van der Waals surface area contributed by atoms with Gasteiger partial charge in [-0.25, -0.2) is 0 Å². The van der Waals surface area contributed by atoms with Gasteiger partial charge in [-0.2, -0.15) is 0 Å². The Labute approximate surface area is 121 Å². The molecule has 0 saturated carbocycles. The first kappa shape index (κ1) is 14.5. The summed E-state index contributed by atoms with van der Waals surface area (Å²) in [6, 6.07) is 10.4. The zero-order valence-corrected chi connectivity index (χ0v) is 12.2. The molecule has 0 bridgehead atoms. The summed E-state index contributed by atoms with van der Waals surface area (Å²) in [5.74, 6) is 0.977. The molecule has 0 aliphatic heterocycles. The van der Waals surface area contributed by atoms with E-state index in [0.717, 1.165) is 25.3 Å². The number of nitrogens with one attached hydrogen (secondary N) is 1. The number of hydrogen-bond acceptors (Lipinski definition) is 3. The quantitative estimate of drug-likeness (QED) is 0.839. The molecule has 1 N–H and O–H groups in total. The smallest absolute Gasteiger partial charge is 0.123 e. The molecule has 1 heterocycles. The van der Waals surface area contributed by atoms with Gasteiger partial charge in [-0.3, -0.25) is 4.98 Å². The van der Waals surface area contributed by atoms with Gasteiger partial charge in [-0.15, -0.1) is 0 Å². The van der Waals surface area contributed by atoms with Gasteiger partial charge in [0.1, 0.15) is 5.75 Å². The molecule has 0 fully saturated rings. The molecule has 0 atom stereocenters. The van der Waals surface area contributed by atoms with Crippen molar-refractivity contribution in [2.75, 3.05) is 13.2 Å². The number of benzene rings is 1.